The molecular formula is C18H22Cl2N2O3. The number of benzene rings is 1. The number of ether oxygens (including phenoxy) is 1. The van der Waals surface area contributed by atoms with E-state index in [2.05, 4.69) is 26.3 Å². The highest BCUT2D eigenvalue weighted by Gasteiger charge is 2.70. The predicted molar refractivity (Wildman–Crippen MR) is 97.7 cm³/mol. The van der Waals surface area contributed by atoms with Crippen molar-refractivity contribution in [3.05, 3.63) is 40.0 Å². The molecule has 1 aliphatic heterocycles. The molecular weight excluding hydrogens is 363 g/mol. The monoisotopic (exact) mass is 384 g/mol. The highest BCUT2D eigenvalue weighted by Crippen LogP contribution is 2.70. The molecule has 7 heteroatoms. The fourth-order valence-corrected chi connectivity index (χ4v) is 4.19. The average molecular weight is 385 g/mol. The van der Waals surface area contributed by atoms with Gasteiger partial charge in [0.25, 0.3) is 0 Å². The summed E-state index contributed by atoms with van der Waals surface area (Å²) >= 11 is 11.9. The van der Waals surface area contributed by atoms with E-state index in [9.17, 15) is 4.79 Å². The fraction of sp³-hybridized carbons (Fsp3) is 0.500. The van der Waals surface area contributed by atoms with Gasteiger partial charge >= 0.3 is 6.09 Å². The summed E-state index contributed by atoms with van der Waals surface area (Å²) in [5.74, 6) is 0.707. The normalized spacial score (nSPS) is 26.6. The van der Waals surface area contributed by atoms with Gasteiger partial charge in [-0.3, -0.25) is 10.3 Å². The third-order valence-corrected chi connectivity index (χ3v) is 6.01. The Morgan fingerprint density at radius 1 is 1.36 bits per heavy atom. The van der Waals surface area contributed by atoms with Crippen LogP contribution in [0.3, 0.4) is 0 Å². The molecule has 2 unspecified atom stereocenters. The molecule has 1 N–H and O–H groups in total. The highest BCUT2D eigenvalue weighted by atomic mass is 35.5. The van der Waals surface area contributed by atoms with E-state index in [-0.39, 0.29) is 16.9 Å². The standard InChI is InChI=1S/C18H22Cl2N2O3/c1-17(2,3)18-10-22(9-13(18)12(18)8-21-24-4)16(23)25-11-5-6-14(19)15(20)7-11/h5-8,13,21H,9-10H2,1-4H3. The molecule has 3 rings (SSSR count). The third kappa shape index (κ3) is 3.09. The van der Waals surface area contributed by atoms with Crippen molar-refractivity contribution in [3.8, 4) is 5.75 Å². The topological polar surface area (TPSA) is 50.8 Å². The van der Waals surface area contributed by atoms with Crippen molar-refractivity contribution in [1.29, 1.82) is 0 Å². The number of carbonyl (C=O) groups is 1. The van der Waals surface area contributed by atoms with Crippen LogP contribution in [-0.4, -0.2) is 31.2 Å². The largest absolute Gasteiger partial charge is 0.415 e. The number of halogens is 2. The van der Waals surface area contributed by atoms with Crippen LogP contribution < -0.4 is 10.2 Å². The van der Waals surface area contributed by atoms with E-state index in [1.54, 1.807) is 30.2 Å². The van der Waals surface area contributed by atoms with E-state index in [1.807, 2.05) is 6.20 Å². The van der Waals surface area contributed by atoms with Crippen LogP contribution in [0.25, 0.3) is 0 Å². The molecule has 0 spiro atoms. The van der Waals surface area contributed by atoms with Gasteiger partial charge in [-0.05, 0) is 23.1 Å². The summed E-state index contributed by atoms with van der Waals surface area (Å²) in [6, 6.07) is 4.80. The van der Waals surface area contributed by atoms with Gasteiger partial charge in [-0.15, -0.1) is 0 Å². The van der Waals surface area contributed by atoms with Crippen molar-refractivity contribution >= 4 is 29.3 Å². The zero-order chi connectivity index (χ0) is 18.4. The smallest absolute Gasteiger partial charge is 0.410 e. The van der Waals surface area contributed by atoms with Crippen LogP contribution in [0.1, 0.15) is 20.8 Å². The highest BCUT2D eigenvalue weighted by molar-refractivity contribution is 6.42. The number of likely N-dealkylation sites (tertiary alicyclic amines) is 1. The minimum absolute atomic E-state index is 0.0253. The van der Waals surface area contributed by atoms with Crippen molar-refractivity contribution in [2.24, 2.45) is 16.7 Å². The molecule has 1 aromatic rings. The van der Waals surface area contributed by atoms with Gasteiger partial charge in [0.05, 0.1) is 17.2 Å². The van der Waals surface area contributed by atoms with Crippen LogP contribution in [-0.2, 0) is 4.84 Å². The van der Waals surface area contributed by atoms with Gasteiger partial charge in [-0.25, -0.2) is 4.79 Å². The Hall–Kier alpha value is -1.43. The first-order valence-electron chi connectivity index (χ1n) is 8.11. The number of fused-ring (bicyclic) bond motifs is 1. The summed E-state index contributed by atoms with van der Waals surface area (Å²) in [6.07, 6.45) is 1.55. The Bertz CT molecular complexity index is 730. The first-order valence-corrected chi connectivity index (χ1v) is 8.87. The first-order chi connectivity index (χ1) is 11.7. The van der Waals surface area contributed by atoms with Crippen molar-refractivity contribution < 1.29 is 14.4 Å². The number of hydrogen-bond acceptors (Lipinski definition) is 4. The summed E-state index contributed by atoms with van der Waals surface area (Å²) in [4.78, 5) is 19.2. The minimum atomic E-state index is -0.367. The lowest BCUT2D eigenvalue weighted by Crippen LogP contribution is -2.37. The number of nitrogens with zero attached hydrogens (tertiary/aromatic N) is 1. The van der Waals surface area contributed by atoms with Gasteiger partial charge in [-0.1, -0.05) is 44.0 Å². The maximum atomic E-state index is 12.5. The van der Waals surface area contributed by atoms with Crippen LogP contribution in [0.4, 0.5) is 4.79 Å². The molecule has 0 radical (unpaired) electrons. The second-order valence-electron chi connectivity index (χ2n) is 7.52. The third-order valence-electron chi connectivity index (χ3n) is 5.27. The maximum absolute atomic E-state index is 12.5. The zero-order valence-corrected chi connectivity index (χ0v) is 16.2. The van der Waals surface area contributed by atoms with Crippen molar-refractivity contribution in [2.75, 3.05) is 20.2 Å². The number of carbonyl (C=O) groups excluding carboxylic acids is 1. The van der Waals surface area contributed by atoms with E-state index < -0.39 is 0 Å². The summed E-state index contributed by atoms with van der Waals surface area (Å²) < 4.78 is 5.46. The molecule has 2 fully saturated rings. The molecule has 1 amide bonds. The van der Waals surface area contributed by atoms with Gasteiger partial charge in [0.1, 0.15) is 5.75 Å². The van der Waals surface area contributed by atoms with Crippen LogP contribution in [0.5, 0.6) is 5.75 Å². The molecule has 0 aromatic heterocycles. The molecule has 0 bridgehead atoms. The van der Waals surface area contributed by atoms with Crippen LogP contribution in [0, 0.1) is 16.7 Å². The molecule has 1 saturated heterocycles. The van der Waals surface area contributed by atoms with E-state index in [0.717, 1.165) is 0 Å². The molecule has 1 aliphatic carbocycles. The molecule has 2 atom stereocenters. The van der Waals surface area contributed by atoms with Crippen molar-refractivity contribution in [1.82, 2.24) is 10.4 Å². The SMILES string of the molecule is CONC=C1C2CN(C(=O)Oc3ccc(Cl)c(Cl)c3)CC12C(C)(C)C. The average Bonchev–Trinajstić information content (AvgIpc) is 2.95. The Balaban J connectivity index is 1.72. The predicted octanol–water partition coefficient (Wildman–Crippen LogP) is 4.51. The van der Waals surface area contributed by atoms with Gasteiger partial charge in [0.15, 0.2) is 0 Å². The van der Waals surface area contributed by atoms with Gasteiger partial charge in [-0.2, -0.15) is 0 Å². The Kier molecular flexibility index (Phi) is 4.69. The van der Waals surface area contributed by atoms with E-state index in [1.165, 1.54) is 5.57 Å². The molecule has 1 heterocycles. The van der Waals surface area contributed by atoms with Crippen molar-refractivity contribution in [2.45, 2.75) is 20.8 Å². The summed E-state index contributed by atoms with van der Waals surface area (Å²) in [7, 11) is 1.58. The summed E-state index contributed by atoms with van der Waals surface area (Å²) in [5.41, 5.74) is 4.08. The number of rotatable bonds is 3. The van der Waals surface area contributed by atoms with Crippen LogP contribution >= 0.6 is 23.2 Å². The molecule has 1 aromatic carbocycles. The molecule has 5 nitrogen and oxygen atoms in total. The van der Waals surface area contributed by atoms with Gasteiger partial charge < -0.3 is 9.64 Å². The minimum Gasteiger partial charge on any atom is -0.410 e. The molecule has 2 aliphatic rings. The lowest BCUT2D eigenvalue weighted by atomic mass is 9.76. The lowest BCUT2D eigenvalue weighted by Gasteiger charge is -2.31. The summed E-state index contributed by atoms with van der Waals surface area (Å²) in [6.45, 7) is 7.84. The van der Waals surface area contributed by atoms with E-state index in [0.29, 0.717) is 34.8 Å². The van der Waals surface area contributed by atoms with Gasteiger partial charge in [0.2, 0.25) is 0 Å². The first kappa shape index (κ1) is 18.4. The zero-order valence-electron chi connectivity index (χ0n) is 14.7. The quantitative estimate of drug-likeness (QED) is 0.779. The Morgan fingerprint density at radius 3 is 2.64 bits per heavy atom. The number of piperidine rings is 1. The number of hydrogen-bond donors (Lipinski definition) is 1. The fourth-order valence-electron chi connectivity index (χ4n) is 3.90. The number of hydroxylamine groups is 1. The van der Waals surface area contributed by atoms with Gasteiger partial charge in [0, 0.05) is 36.7 Å². The second kappa shape index (κ2) is 6.38. The van der Waals surface area contributed by atoms with Crippen LogP contribution in [0.2, 0.25) is 10.0 Å². The van der Waals surface area contributed by atoms with Crippen LogP contribution in [0.15, 0.2) is 30.0 Å². The Morgan fingerprint density at radius 2 is 2.08 bits per heavy atom. The number of nitrogens with one attached hydrogen (secondary N) is 1. The van der Waals surface area contributed by atoms with E-state index in [4.69, 9.17) is 32.8 Å². The van der Waals surface area contributed by atoms with Crippen molar-refractivity contribution in [3.63, 3.8) is 0 Å². The second-order valence-corrected chi connectivity index (χ2v) is 8.33. The molecule has 1 saturated carbocycles. The summed E-state index contributed by atoms with van der Waals surface area (Å²) in [5, 5.41) is 0.786. The molecule has 136 valence electrons. The number of amides is 1. The van der Waals surface area contributed by atoms with E-state index >= 15 is 0 Å². The molecule has 25 heavy (non-hydrogen) atoms. The Labute approximate surface area is 157 Å². The lowest BCUT2D eigenvalue weighted by molar-refractivity contribution is 0.125. The maximum Gasteiger partial charge on any atom is 0.415 e.